The fraction of sp³-hybridized carbons (Fsp3) is 0.579. The van der Waals surface area contributed by atoms with E-state index in [2.05, 4.69) is 5.32 Å². The minimum absolute atomic E-state index is 0.106. The van der Waals surface area contributed by atoms with E-state index in [0.29, 0.717) is 19.5 Å². The number of hydrogen-bond donors (Lipinski definition) is 2. The monoisotopic (exact) mass is 346 g/mol. The molecule has 3 aliphatic rings. The zero-order chi connectivity index (χ0) is 17.6. The zero-order valence-electron chi connectivity index (χ0n) is 14.1. The van der Waals surface area contributed by atoms with Crippen molar-refractivity contribution in [1.82, 2.24) is 10.2 Å². The van der Waals surface area contributed by atoms with Crippen molar-refractivity contribution in [3.63, 3.8) is 0 Å². The zero-order valence-corrected chi connectivity index (χ0v) is 14.1. The lowest BCUT2D eigenvalue weighted by atomic mass is 9.82. The van der Waals surface area contributed by atoms with Gasteiger partial charge < -0.3 is 15.3 Å². The SMILES string of the molecule is O=C(O)C1CC2(CC2)CNC1C(=O)N1CCC(c2cccc(F)c2)C1. The van der Waals surface area contributed by atoms with E-state index in [1.54, 1.807) is 11.0 Å². The second kappa shape index (κ2) is 6.09. The van der Waals surface area contributed by atoms with Crippen molar-refractivity contribution >= 4 is 11.9 Å². The van der Waals surface area contributed by atoms with Gasteiger partial charge in [-0.1, -0.05) is 12.1 Å². The highest BCUT2D eigenvalue weighted by atomic mass is 19.1. The molecule has 1 spiro atoms. The third-order valence-electron chi connectivity index (χ3n) is 6.11. The van der Waals surface area contributed by atoms with Gasteiger partial charge in [-0.3, -0.25) is 9.59 Å². The predicted octanol–water partition coefficient (Wildman–Crippen LogP) is 1.98. The number of hydrogen-bond acceptors (Lipinski definition) is 3. The molecule has 3 fully saturated rings. The maximum atomic E-state index is 13.4. The molecule has 2 saturated heterocycles. The number of aliphatic carboxylic acids is 1. The molecule has 1 aromatic carbocycles. The van der Waals surface area contributed by atoms with Gasteiger partial charge in [0.15, 0.2) is 0 Å². The number of carbonyl (C=O) groups excluding carboxylic acids is 1. The van der Waals surface area contributed by atoms with E-state index in [1.807, 2.05) is 6.07 Å². The molecule has 2 N–H and O–H groups in total. The normalized spacial score (nSPS) is 30.4. The average Bonchev–Trinajstić information content (AvgIpc) is 3.16. The molecule has 134 valence electrons. The Hall–Kier alpha value is -1.95. The molecule has 3 atom stereocenters. The number of carbonyl (C=O) groups is 2. The Kier molecular flexibility index (Phi) is 4.02. The van der Waals surface area contributed by atoms with Gasteiger partial charge in [-0.15, -0.1) is 0 Å². The maximum absolute atomic E-state index is 13.4. The van der Waals surface area contributed by atoms with Crippen molar-refractivity contribution in [1.29, 1.82) is 0 Å². The highest BCUT2D eigenvalue weighted by Crippen LogP contribution is 2.52. The lowest BCUT2D eigenvalue weighted by molar-refractivity contribution is -0.150. The van der Waals surface area contributed by atoms with E-state index < -0.39 is 17.9 Å². The van der Waals surface area contributed by atoms with Gasteiger partial charge in [-0.05, 0) is 48.8 Å². The van der Waals surface area contributed by atoms with Gasteiger partial charge >= 0.3 is 5.97 Å². The van der Waals surface area contributed by atoms with Crippen molar-refractivity contribution in [3.05, 3.63) is 35.6 Å². The van der Waals surface area contributed by atoms with Crippen LogP contribution in [0.2, 0.25) is 0 Å². The topological polar surface area (TPSA) is 69.6 Å². The predicted molar refractivity (Wildman–Crippen MR) is 89.5 cm³/mol. The second-order valence-corrected chi connectivity index (χ2v) is 7.83. The highest BCUT2D eigenvalue weighted by molar-refractivity contribution is 5.88. The van der Waals surface area contributed by atoms with Crippen LogP contribution in [-0.4, -0.2) is 47.6 Å². The first-order valence-corrected chi connectivity index (χ1v) is 8.98. The van der Waals surface area contributed by atoms with Gasteiger partial charge in [0.05, 0.1) is 5.92 Å². The summed E-state index contributed by atoms with van der Waals surface area (Å²) < 4.78 is 13.4. The van der Waals surface area contributed by atoms with Crippen molar-refractivity contribution in [2.75, 3.05) is 19.6 Å². The largest absolute Gasteiger partial charge is 0.481 e. The fourth-order valence-corrected chi connectivity index (χ4v) is 4.36. The Labute approximate surface area is 146 Å². The Morgan fingerprint density at radius 2 is 2.12 bits per heavy atom. The average molecular weight is 346 g/mol. The molecule has 2 aliphatic heterocycles. The first-order valence-electron chi connectivity index (χ1n) is 8.98. The molecule has 4 rings (SSSR count). The maximum Gasteiger partial charge on any atom is 0.308 e. The van der Waals surface area contributed by atoms with Gasteiger partial charge in [-0.25, -0.2) is 4.39 Å². The van der Waals surface area contributed by atoms with Crippen LogP contribution >= 0.6 is 0 Å². The molecule has 2 heterocycles. The van der Waals surface area contributed by atoms with Crippen LogP contribution in [-0.2, 0) is 9.59 Å². The van der Waals surface area contributed by atoms with Gasteiger partial charge in [0.2, 0.25) is 5.91 Å². The van der Waals surface area contributed by atoms with Crippen molar-refractivity contribution in [2.45, 2.75) is 37.6 Å². The van der Waals surface area contributed by atoms with Crippen molar-refractivity contribution in [3.8, 4) is 0 Å². The van der Waals surface area contributed by atoms with E-state index in [-0.39, 0.29) is 23.1 Å². The van der Waals surface area contributed by atoms with Crippen LogP contribution in [0, 0.1) is 17.2 Å². The molecule has 25 heavy (non-hydrogen) atoms. The van der Waals surface area contributed by atoms with Crippen LogP contribution in [0.15, 0.2) is 24.3 Å². The number of nitrogens with zero attached hydrogens (tertiary/aromatic N) is 1. The van der Waals surface area contributed by atoms with Crippen LogP contribution in [0.1, 0.15) is 37.2 Å². The number of piperidine rings is 1. The van der Waals surface area contributed by atoms with Crippen LogP contribution < -0.4 is 5.32 Å². The number of rotatable bonds is 3. The summed E-state index contributed by atoms with van der Waals surface area (Å²) in [5, 5.41) is 12.8. The first kappa shape index (κ1) is 16.5. The molecular weight excluding hydrogens is 323 g/mol. The van der Waals surface area contributed by atoms with Crippen molar-refractivity contribution in [2.24, 2.45) is 11.3 Å². The molecule has 1 aliphatic carbocycles. The molecule has 1 saturated carbocycles. The van der Waals surface area contributed by atoms with Gasteiger partial charge in [-0.2, -0.15) is 0 Å². The molecule has 0 aromatic heterocycles. The summed E-state index contributed by atoms with van der Waals surface area (Å²) in [4.78, 5) is 26.3. The highest BCUT2D eigenvalue weighted by Gasteiger charge is 2.53. The lowest BCUT2D eigenvalue weighted by Gasteiger charge is -2.36. The summed E-state index contributed by atoms with van der Waals surface area (Å²) in [6.07, 6.45) is 3.47. The second-order valence-electron chi connectivity index (χ2n) is 7.83. The molecule has 6 heteroatoms. The van der Waals surface area contributed by atoms with Gasteiger partial charge in [0.1, 0.15) is 11.9 Å². The van der Waals surface area contributed by atoms with Crippen molar-refractivity contribution < 1.29 is 19.1 Å². The third kappa shape index (κ3) is 3.15. The number of likely N-dealkylation sites (tertiary alicyclic amines) is 1. The van der Waals surface area contributed by atoms with Crippen LogP contribution in [0.5, 0.6) is 0 Å². The standard InChI is InChI=1S/C19H23FN2O3/c20-14-3-1-2-12(8-14)13-4-7-22(10-13)17(23)16-15(18(24)25)9-19(5-6-19)11-21-16/h1-3,8,13,15-16,21H,4-7,9-11H2,(H,24,25). The van der Waals surface area contributed by atoms with Crippen LogP contribution in [0.4, 0.5) is 4.39 Å². The number of nitrogens with one attached hydrogen (secondary N) is 1. The third-order valence-corrected chi connectivity index (χ3v) is 6.11. The van der Waals surface area contributed by atoms with E-state index >= 15 is 0 Å². The number of halogens is 1. The number of amides is 1. The van der Waals surface area contributed by atoms with Gasteiger partial charge in [0, 0.05) is 25.6 Å². The smallest absolute Gasteiger partial charge is 0.308 e. The van der Waals surface area contributed by atoms with E-state index in [9.17, 15) is 19.1 Å². The first-order chi connectivity index (χ1) is 12.0. The summed E-state index contributed by atoms with van der Waals surface area (Å²) in [7, 11) is 0. The molecule has 0 bridgehead atoms. The Morgan fingerprint density at radius 1 is 1.32 bits per heavy atom. The van der Waals surface area contributed by atoms with Gasteiger partial charge in [0.25, 0.3) is 0 Å². The summed E-state index contributed by atoms with van der Waals surface area (Å²) in [5.74, 6) is -1.82. The molecule has 1 amide bonds. The summed E-state index contributed by atoms with van der Waals surface area (Å²) in [5.41, 5.74) is 1.01. The molecule has 5 nitrogen and oxygen atoms in total. The summed E-state index contributed by atoms with van der Waals surface area (Å²) in [6.45, 7) is 1.85. The minimum Gasteiger partial charge on any atom is -0.481 e. The molecule has 1 aromatic rings. The van der Waals surface area contributed by atoms with E-state index in [1.165, 1.54) is 12.1 Å². The fourth-order valence-electron chi connectivity index (χ4n) is 4.36. The van der Waals surface area contributed by atoms with Crippen LogP contribution in [0.25, 0.3) is 0 Å². The Balaban J connectivity index is 1.45. The summed E-state index contributed by atoms with van der Waals surface area (Å²) in [6, 6.07) is 5.87. The quantitative estimate of drug-likeness (QED) is 0.878. The summed E-state index contributed by atoms with van der Waals surface area (Å²) >= 11 is 0. The Morgan fingerprint density at radius 3 is 2.80 bits per heavy atom. The number of benzene rings is 1. The van der Waals surface area contributed by atoms with E-state index in [4.69, 9.17) is 0 Å². The number of carboxylic acid groups (broad SMARTS) is 1. The molecular formula is C19H23FN2O3. The molecule has 0 radical (unpaired) electrons. The minimum atomic E-state index is -0.891. The van der Waals surface area contributed by atoms with Crippen LogP contribution in [0.3, 0.4) is 0 Å². The number of carboxylic acids is 1. The lowest BCUT2D eigenvalue weighted by Crippen LogP contribution is -2.57. The molecule has 3 unspecified atom stereocenters. The Bertz CT molecular complexity index is 704. The van der Waals surface area contributed by atoms with E-state index in [0.717, 1.165) is 31.4 Å².